The second kappa shape index (κ2) is 8.00. The van der Waals surface area contributed by atoms with Crippen LogP contribution in [0.1, 0.15) is 12.5 Å². The van der Waals surface area contributed by atoms with Crippen LogP contribution in [0.4, 0.5) is 18.9 Å². The molecule has 0 spiro atoms. The van der Waals surface area contributed by atoms with E-state index in [0.717, 1.165) is 12.1 Å². The van der Waals surface area contributed by atoms with E-state index in [0.29, 0.717) is 12.2 Å². The lowest BCUT2D eigenvalue weighted by atomic mass is 10.2. The van der Waals surface area contributed by atoms with Crippen LogP contribution in [-0.2, 0) is 15.8 Å². The van der Waals surface area contributed by atoms with Crippen LogP contribution in [0.3, 0.4) is 0 Å². The molecule has 0 radical (unpaired) electrons. The summed E-state index contributed by atoms with van der Waals surface area (Å²) in [5.41, 5.74) is 5.24. The fourth-order valence-corrected chi connectivity index (χ4v) is 2.22. The Morgan fingerprint density at radius 1 is 1.27 bits per heavy atom. The number of anilines is 1. The number of halogens is 3. The number of benzene rings is 1. The first kappa shape index (κ1) is 19.4. The lowest BCUT2D eigenvalue weighted by Gasteiger charge is -2.18. The minimum Gasteiger partial charge on any atom is -0.333 e. The second-order valence-corrected chi connectivity index (χ2v) is 5.35. The molecule has 2 aromatic rings. The SMILES string of the molecule is CCN(CCN)C(=O)C(=O)Nc1cnn(-c2ccc(C(F)(F)F)cc2)c1. The summed E-state index contributed by atoms with van der Waals surface area (Å²) in [6, 6.07) is 4.38. The molecule has 1 heterocycles. The first-order valence-corrected chi connectivity index (χ1v) is 7.79. The molecule has 1 aromatic carbocycles. The predicted molar refractivity (Wildman–Crippen MR) is 88.5 cm³/mol. The number of rotatable bonds is 5. The number of nitrogens with two attached hydrogens (primary N) is 1. The van der Waals surface area contributed by atoms with Crippen LogP contribution in [0.2, 0.25) is 0 Å². The minimum absolute atomic E-state index is 0.235. The highest BCUT2D eigenvalue weighted by Gasteiger charge is 2.30. The van der Waals surface area contributed by atoms with Gasteiger partial charge in [0.25, 0.3) is 0 Å². The predicted octanol–water partition coefficient (Wildman–Crippen LogP) is 1.64. The summed E-state index contributed by atoms with van der Waals surface area (Å²) in [6.45, 7) is 2.56. The third-order valence-corrected chi connectivity index (χ3v) is 3.56. The van der Waals surface area contributed by atoms with Crippen molar-refractivity contribution in [1.82, 2.24) is 14.7 Å². The van der Waals surface area contributed by atoms with E-state index in [1.165, 1.54) is 34.1 Å². The van der Waals surface area contributed by atoms with E-state index in [9.17, 15) is 22.8 Å². The summed E-state index contributed by atoms with van der Waals surface area (Å²) in [4.78, 5) is 25.3. The number of amides is 2. The summed E-state index contributed by atoms with van der Waals surface area (Å²) in [5.74, 6) is -1.56. The molecule has 7 nitrogen and oxygen atoms in total. The van der Waals surface area contributed by atoms with Crippen molar-refractivity contribution in [3.05, 3.63) is 42.2 Å². The number of hydrogen-bond donors (Lipinski definition) is 2. The first-order valence-electron chi connectivity index (χ1n) is 7.79. The Balaban J connectivity index is 2.08. The molecule has 2 amide bonds. The maximum absolute atomic E-state index is 12.6. The third-order valence-electron chi connectivity index (χ3n) is 3.56. The van der Waals surface area contributed by atoms with Crippen molar-refractivity contribution in [2.75, 3.05) is 25.0 Å². The highest BCUT2D eigenvalue weighted by Crippen LogP contribution is 2.29. The summed E-state index contributed by atoms with van der Waals surface area (Å²) in [5, 5.41) is 6.37. The van der Waals surface area contributed by atoms with Gasteiger partial charge in [-0.15, -0.1) is 0 Å². The van der Waals surface area contributed by atoms with E-state index in [4.69, 9.17) is 5.73 Å². The van der Waals surface area contributed by atoms with Gasteiger partial charge in [0.15, 0.2) is 0 Å². The summed E-state index contributed by atoms with van der Waals surface area (Å²) >= 11 is 0. The molecule has 26 heavy (non-hydrogen) atoms. The normalized spacial score (nSPS) is 11.3. The smallest absolute Gasteiger partial charge is 0.333 e. The highest BCUT2D eigenvalue weighted by atomic mass is 19.4. The van der Waals surface area contributed by atoms with Gasteiger partial charge in [0.1, 0.15) is 0 Å². The Bertz CT molecular complexity index is 771. The second-order valence-electron chi connectivity index (χ2n) is 5.35. The van der Waals surface area contributed by atoms with E-state index in [-0.39, 0.29) is 18.8 Å². The lowest BCUT2D eigenvalue weighted by Crippen LogP contribution is -2.42. The Morgan fingerprint density at radius 3 is 2.46 bits per heavy atom. The molecule has 140 valence electrons. The van der Waals surface area contributed by atoms with Crippen LogP contribution in [0.15, 0.2) is 36.7 Å². The number of likely N-dealkylation sites (N-methyl/N-ethyl adjacent to an activating group) is 1. The van der Waals surface area contributed by atoms with Gasteiger partial charge in [0.2, 0.25) is 0 Å². The van der Waals surface area contributed by atoms with Crippen molar-refractivity contribution in [1.29, 1.82) is 0 Å². The maximum Gasteiger partial charge on any atom is 0.416 e. The number of aromatic nitrogens is 2. The quantitative estimate of drug-likeness (QED) is 0.784. The number of nitrogens with one attached hydrogen (secondary N) is 1. The lowest BCUT2D eigenvalue weighted by molar-refractivity contribution is -0.142. The number of hydrogen-bond acceptors (Lipinski definition) is 4. The molecule has 3 N–H and O–H groups in total. The van der Waals surface area contributed by atoms with Crippen LogP contribution in [-0.4, -0.2) is 46.1 Å². The zero-order valence-corrected chi connectivity index (χ0v) is 14.0. The van der Waals surface area contributed by atoms with Gasteiger partial charge in [0.05, 0.1) is 29.3 Å². The number of carbonyl (C=O) groups excluding carboxylic acids is 2. The van der Waals surface area contributed by atoms with Gasteiger partial charge in [-0.3, -0.25) is 9.59 Å². The fourth-order valence-electron chi connectivity index (χ4n) is 2.22. The van der Waals surface area contributed by atoms with Gasteiger partial charge in [-0.05, 0) is 31.2 Å². The van der Waals surface area contributed by atoms with E-state index in [1.54, 1.807) is 6.92 Å². The van der Waals surface area contributed by atoms with Crippen molar-refractivity contribution >= 4 is 17.5 Å². The zero-order chi connectivity index (χ0) is 19.3. The molecule has 0 aliphatic carbocycles. The molecule has 0 saturated carbocycles. The van der Waals surface area contributed by atoms with E-state index < -0.39 is 23.6 Å². The van der Waals surface area contributed by atoms with Crippen molar-refractivity contribution in [3.63, 3.8) is 0 Å². The van der Waals surface area contributed by atoms with Crippen molar-refractivity contribution in [2.24, 2.45) is 5.73 Å². The monoisotopic (exact) mass is 369 g/mol. The molecule has 0 aliphatic rings. The van der Waals surface area contributed by atoms with Crippen molar-refractivity contribution in [3.8, 4) is 5.69 Å². The summed E-state index contributed by atoms with van der Waals surface area (Å²) in [6.07, 6.45) is -1.73. The van der Waals surface area contributed by atoms with Gasteiger partial charge in [0, 0.05) is 19.6 Å². The molecule has 0 aliphatic heterocycles. The van der Waals surface area contributed by atoms with Crippen molar-refractivity contribution in [2.45, 2.75) is 13.1 Å². The van der Waals surface area contributed by atoms with Gasteiger partial charge in [-0.1, -0.05) is 0 Å². The van der Waals surface area contributed by atoms with Crippen LogP contribution in [0.5, 0.6) is 0 Å². The van der Waals surface area contributed by atoms with Gasteiger partial charge < -0.3 is 16.0 Å². The van der Waals surface area contributed by atoms with E-state index >= 15 is 0 Å². The number of carbonyl (C=O) groups is 2. The molecule has 0 bridgehead atoms. The Labute approximate surface area is 147 Å². The molecule has 10 heteroatoms. The minimum atomic E-state index is -4.42. The molecule has 0 unspecified atom stereocenters. The van der Waals surface area contributed by atoms with E-state index in [2.05, 4.69) is 10.4 Å². The third kappa shape index (κ3) is 4.60. The average molecular weight is 369 g/mol. The molecule has 0 fully saturated rings. The first-order chi connectivity index (χ1) is 12.3. The maximum atomic E-state index is 12.6. The highest BCUT2D eigenvalue weighted by molar-refractivity contribution is 6.39. The molecule has 0 atom stereocenters. The average Bonchev–Trinajstić information content (AvgIpc) is 3.07. The van der Waals surface area contributed by atoms with E-state index in [1.807, 2.05) is 0 Å². The van der Waals surface area contributed by atoms with Crippen molar-refractivity contribution < 1.29 is 22.8 Å². The number of nitrogens with zero attached hydrogens (tertiary/aromatic N) is 3. The largest absolute Gasteiger partial charge is 0.416 e. The van der Waals surface area contributed by atoms with Crippen LogP contribution in [0, 0.1) is 0 Å². The van der Waals surface area contributed by atoms with Gasteiger partial charge in [-0.2, -0.15) is 18.3 Å². The number of alkyl halides is 3. The molecule has 2 rings (SSSR count). The van der Waals surface area contributed by atoms with Gasteiger partial charge in [-0.25, -0.2) is 4.68 Å². The Kier molecular flexibility index (Phi) is 5.98. The molecule has 1 aromatic heterocycles. The summed E-state index contributed by atoms with van der Waals surface area (Å²) < 4.78 is 39.0. The topological polar surface area (TPSA) is 93.2 Å². The fraction of sp³-hybridized carbons (Fsp3) is 0.312. The van der Waals surface area contributed by atoms with Crippen LogP contribution < -0.4 is 11.1 Å². The van der Waals surface area contributed by atoms with Crippen LogP contribution >= 0.6 is 0 Å². The van der Waals surface area contributed by atoms with Crippen LogP contribution in [0.25, 0.3) is 5.69 Å². The molecular formula is C16H18F3N5O2. The molecular weight excluding hydrogens is 351 g/mol. The van der Waals surface area contributed by atoms with Gasteiger partial charge >= 0.3 is 18.0 Å². The zero-order valence-electron chi connectivity index (χ0n) is 14.0. The summed E-state index contributed by atoms with van der Waals surface area (Å²) in [7, 11) is 0. The standard InChI is InChI=1S/C16H18F3N5O2/c1-2-23(8-7-20)15(26)14(25)22-12-9-21-24(10-12)13-5-3-11(4-6-13)16(17,18)19/h3-6,9-10H,2,7-8,20H2,1H3,(H,22,25). The Hall–Kier alpha value is -2.88. The molecule has 0 saturated heterocycles. The Morgan fingerprint density at radius 2 is 1.92 bits per heavy atom.